The summed E-state index contributed by atoms with van der Waals surface area (Å²) in [5.41, 5.74) is -0.664. The Morgan fingerprint density at radius 1 is 1.57 bits per heavy atom. The van der Waals surface area contributed by atoms with Crippen LogP contribution in [0.25, 0.3) is 0 Å². The number of nitrogens with zero attached hydrogens (tertiary/aromatic N) is 1. The lowest BCUT2D eigenvalue weighted by Gasteiger charge is -2.33. The molecule has 0 aromatic heterocycles. The summed E-state index contributed by atoms with van der Waals surface area (Å²) in [6, 6.07) is 0. The lowest BCUT2D eigenvalue weighted by Crippen LogP contribution is -2.42. The third kappa shape index (κ3) is 0.837. The molecule has 0 spiro atoms. The molecule has 0 radical (unpaired) electrons. The highest BCUT2D eigenvalue weighted by Gasteiger charge is 2.64. The molecule has 4 heteroatoms. The van der Waals surface area contributed by atoms with Crippen LogP contribution in [0.4, 0.5) is 0 Å². The molecule has 2 bridgehead atoms. The smallest absolute Gasteiger partial charge is 0.315 e. The second-order valence-electron chi connectivity index (χ2n) is 5.00. The fourth-order valence-electron chi connectivity index (χ4n) is 3.21. The number of rotatable bonds is 1. The summed E-state index contributed by atoms with van der Waals surface area (Å²) in [5.74, 6) is -0.483. The van der Waals surface area contributed by atoms with Gasteiger partial charge in [-0.05, 0) is 25.2 Å². The van der Waals surface area contributed by atoms with E-state index in [1.807, 2.05) is 13.8 Å². The molecule has 0 aromatic rings. The van der Waals surface area contributed by atoms with Gasteiger partial charge in [-0.25, -0.2) is 0 Å². The first-order chi connectivity index (χ1) is 6.45. The Balaban J connectivity index is 2.52. The molecular formula is C10H15NO3. The summed E-state index contributed by atoms with van der Waals surface area (Å²) in [4.78, 5) is 11.2. The van der Waals surface area contributed by atoms with E-state index in [1.54, 1.807) is 0 Å². The van der Waals surface area contributed by atoms with Crippen molar-refractivity contribution < 1.29 is 15.1 Å². The number of carboxylic acid groups (broad SMARTS) is 1. The lowest BCUT2D eigenvalue weighted by atomic mass is 9.70. The van der Waals surface area contributed by atoms with Crippen LogP contribution in [0.2, 0.25) is 0 Å². The number of carbonyl (C=O) groups is 1. The molecule has 2 atom stereocenters. The zero-order chi connectivity index (χ0) is 10.6. The molecule has 4 nitrogen and oxygen atoms in total. The maximum Gasteiger partial charge on any atom is 0.315 e. The summed E-state index contributed by atoms with van der Waals surface area (Å²) >= 11 is 0. The van der Waals surface area contributed by atoms with Gasteiger partial charge in [0.15, 0.2) is 0 Å². The molecule has 14 heavy (non-hydrogen) atoms. The summed E-state index contributed by atoms with van der Waals surface area (Å²) in [6.45, 7) is 3.94. The first-order valence-corrected chi connectivity index (χ1v) is 4.91. The number of hydrogen-bond acceptors (Lipinski definition) is 3. The maximum absolute atomic E-state index is 11.2. The third-order valence-electron chi connectivity index (χ3n) is 4.11. The van der Waals surface area contributed by atoms with E-state index in [9.17, 15) is 9.90 Å². The van der Waals surface area contributed by atoms with E-state index in [1.165, 1.54) is 0 Å². The van der Waals surface area contributed by atoms with Crippen LogP contribution in [0.1, 0.15) is 33.1 Å². The topological polar surface area (TPSA) is 69.9 Å². The van der Waals surface area contributed by atoms with Gasteiger partial charge in [-0.1, -0.05) is 19.0 Å². The molecule has 2 N–H and O–H groups in total. The van der Waals surface area contributed by atoms with Gasteiger partial charge >= 0.3 is 5.97 Å². The predicted octanol–water partition coefficient (Wildman–Crippen LogP) is 1.73. The van der Waals surface area contributed by atoms with E-state index in [0.29, 0.717) is 24.5 Å². The van der Waals surface area contributed by atoms with Crippen LogP contribution >= 0.6 is 0 Å². The average molecular weight is 197 g/mol. The van der Waals surface area contributed by atoms with Gasteiger partial charge in [-0.3, -0.25) is 4.79 Å². The maximum atomic E-state index is 11.2. The van der Waals surface area contributed by atoms with Gasteiger partial charge < -0.3 is 10.3 Å². The van der Waals surface area contributed by atoms with Crippen LogP contribution in [0.15, 0.2) is 5.16 Å². The van der Waals surface area contributed by atoms with Crippen LogP contribution in [-0.2, 0) is 4.79 Å². The lowest BCUT2D eigenvalue weighted by molar-refractivity contribution is -0.144. The molecule has 2 rings (SSSR count). The van der Waals surface area contributed by atoms with Crippen molar-refractivity contribution in [2.45, 2.75) is 33.1 Å². The summed E-state index contributed by atoms with van der Waals surface area (Å²) in [5, 5.41) is 21.4. The van der Waals surface area contributed by atoms with Crippen molar-refractivity contribution in [1.29, 1.82) is 0 Å². The summed E-state index contributed by atoms with van der Waals surface area (Å²) in [6.07, 6.45) is 2.18. The van der Waals surface area contributed by atoms with Gasteiger partial charge in [-0.15, -0.1) is 0 Å². The first kappa shape index (κ1) is 9.49. The van der Waals surface area contributed by atoms with E-state index < -0.39 is 11.4 Å². The number of fused-ring (bicyclic) bond motifs is 2. The molecule has 0 aromatic carbocycles. The average Bonchev–Trinajstić information content (AvgIpc) is 2.58. The van der Waals surface area contributed by atoms with E-state index >= 15 is 0 Å². The zero-order valence-electron chi connectivity index (χ0n) is 8.45. The van der Waals surface area contributed by atoms with Crippen molar-refractivity contribution in [3.8, 4) is 0 Å². The molecule has 0 aliphatic heterocycles. The Labute approximate surface area is 82.6 Å². The van der Waals surface area contributed by atoms with E-state index in [-0.39, 0.29) is 5.41 Å². The molecule has 0 heterocycles. The number of aliphatic carboxylic acids is 1. The van der Waals surface area contributed by atoms with Crippen LogP contribution in [-0.4, -0.2) is 22.0 Å². The van der Waals surface area contributed by atoms with Gasteiger partial charge in [0.1, 0.15) is 5.41 Å². The number of carboxylic acids is 1. The minimum Gasteiger partial charge on any atom is -0.481 e. The Morgan fingerprint density at radius 3 is 2.64 bits per heavy atom. The highest BCUT2D eigenvalue weighted by Crippen LogP contribution is 2.60. The van der Waals surface area contributed by atoms with Gasteiger partial charge in [0, 0.05) is 5.41 Å². The van der Waals surface area contributed by atoms with Crippen molar-refractivity contribution >= 4 is 11.7 Å². The Bertz CT molecular complexity index is 321. The van der Waals surface area contributed by atoms with Crippen LogP contribution in [0, 0.1) is 16.7 Å². The minimum atomic E-state index is -0.872. The normalized spacial score (nSPS) is 41.9. The van der Waals surface area contributed by atoms with Crippen molar-refractivity contribution in [3.63, 3.8) is 0 Å². The van der Waals surface area contributed by atoms with Gasteiger partial charge in [0.05, 0.1) is 5.71 Å². The SMILES string of the molecule is CC1(C)/C(=N\O)C2(C(=O)O)CCC1C2. The molecular weight excluding hydrogens is 182 g/mol. The monoisotopic (exact) mass is 197 g/mol. The molecule has 2 saturated carbocycles. The van der Waals surface area contributed by atoms with Crippen molar-refractivity contribution in [1.82, 2.24) is 0 Å². The molecule has 0 amide bonds. The quantitative estimate of drug-likeness (QED) is 0.496. The van der Waals surface area contributed by atoms with Crippen molar-refractivity contribution in [2.24, 2.45) is 21.9 Å². The van der Waals surface area contributed by atoms with Gasteiger partial charge in [0.25, 0.3) is 0 Å². The summed E-state index contributed by atoms with van der Waals surface area (Å²) < 4.78 is 0. The standard InChI is InChI=1S/C10H15NO3/c1-9(2)6-3-4-10(5-6,8(12)13)7(9)11-14/h6,14H,3-5H2,1-2H3,(H,12,13)/b11-7+. The van der Waals surface area contributed by atoms with E-state index in [4.69, 9.17) is 5.21 Å². The number of hydrogen-bond donors (Lipinski definition) is 2. The Hall–Kier alpha value is -1.06. The minimum absolute atomic E-state index is 0.259. The highest BCUT2D eigenvalue weighted by molar-refractivity contribution is 6.11. The van der Waals surface area contributed by atoms with Gasteiger partial charge in [0.2, 0.25) is 0 Å². The molecule has 2 aliphatic carbocycles. The predicted molar refractivity (Wildman–Crippen MR) is 50.4 cm³/mol. The van der Waals surface area contributed by atoms with E-state index in [2.05, 4.69) is 5.16 Å². The van der Waals surface area contributed by atoms with Crippen molar-refractivity contribution in [3.05, 3.63) is 0 Å². The van der Waals surface area contributed by atoms with Crippen LogP contribution < -0.4 is 0 Å². The zero-order valence-corrected chi connectivity index (χ0v) is 8.45. The second-order valence-corrected chi connectivity index (χ2v) is 5.00. The third-order valence-corrected chi connectivity index (χ3v) is 4.11. The molecule has 2 aliphatic rings. The van der Waals surface area contributed by atoms with E-state index in [0.717, 1.165) is 6.42 Å². The van der Waals surface area contributed by atoms with Crippen molar-refractivity contribution in [2.75, 3.05) is 0 Å². The molecule has 0 saturated heterocycles. The Kier molecular flexibility index (Phi) is 1.69. The van der Waals surface area contributed by atoms with Crippen LogP contribution in [0.5, 0.6) is 0 Å². The molecule has 2 fully saturated rings. The number of oxime groups is 1. The fourth-order valence-corrected chi connectivity index (χ4v) is 3.21. The molecule has 2 unspecified atom stereocenters. The fraction of sp³-hybridized carbons (Fsp3) is 0.800. The highest BCUT2D eigenvalue weighted by atomic mass is 16.4. The largest absolute Gasteiger partial charge is 0.481 e. The molecule has 78 valence electrons. The van der Waals surface area contributed by atoms with Gasteiger partial charge in [-0.2, -0.15) is 0 Å². The second kappa shape index (κ2) is 2.49. The summed E-state index contributed by atoms with van der Waals surface area (Å²) in [7, 11) is 0. The first-order valence-electron chi connectivity index (χ1n) is 4.91. The van der Waals surface area contributed by atoms with Crippen LogP contribution in [0.3, 0.4) is 0 Å². The Morgan fingerprint density at radius 2 is 2.21 bits per heavy atom.